The van der Waals surface area contributed by atoms with Crippen molar-refractivity contribution in [3.8, 4) is 12.3 Å². The van der Waals surface area contributed by atoms with Gasteiger partial charge >= 0.3 is 17.9 Å². The number of hydrogen-bond donors (Lipinski definition) is 6. The van der Waals surface area contributed by atoms with Crippen molar-refractivity contribution in [1.29, 1.82) is 0 Å². The van der Waals surface area contributed by atoms with Crippen LogP contribution in [0, 0.1) is 12.3 Å². The number of carbonyl (C=O) groups is 5. The maximum absolute atomic E-state index is 13.2. The lowest BCUT2D eigenvalue weighted by Gasteiger charge is -2.30. The first-order valence-corrected chi connectivity index (χ1v) is 15.0. The second-order valence-electron chi connectivity index (χ2n) is 11.2. The van der Waals surface area contributed by atoms with Gasteiger partial charge in [0, 0.05) is 31.2 Å². The average molecular weight is 662 g/mol. The highest BCUT2D eigenvalue weighted by Crippen LogP contribution is 2.39. The van der Waals surface area contributed by atoms with E-state index in [9.17, 15) is 33.9 Å². The molecule has 0 saturated carbocycles. The van der Waals surface area contributed by atoms with Crippen LogP contribution in [-0.2, 0) is 36.9 Å². The van der Waals surface area contributed by atoms with Gasteiger partial charge in [-0.05, 0) is 73.2 Å². The molecular weight excluding hydrogens is 626 g/mol. The molecule has 1 heterocycles. The Kier molecular flexibility index (Phi) is 11.5. The van der Waals surface area contributed by atoms with Crippen LogP contribution in [0.1, 0.15) is 65.5 Å². The van der Waals surface area contributed by atoms with E-state index in [1.165, 1.54) is 19.2 Å². The molecule has 1 aliphatic carbocycles. The zero-order chi connectivity index (χ0) is 35.0. The Morgan fingerprint density at radius 2 is 1.71 bits per heavy atom. The molecule has 6 N–H and O–H groups in total. The minimum Gasteiger partial charge on any atom is -0.481 e. The number of aryl methyl sites for hydroxylation is 1. The van der Waals surface area contributed by atoms with E-state index in [1.807, 2.05) is 17.0 Å². The van der Waals surface area contributed by atoms with E-state index in [2.05, 4.69) is 26.5 Å². The molecule has 0 bridgehead atoms. The number of aromatic amines is 1. The number of ether oxygens (including phenoxy) is 1. The van der Waals surface area contributed by atoms with E-state index in [0.29, 0.717) is 28.8 Å². The summed E-state index contributed by atoms with van der Waals surface area (Å²) in [5.74, 6) is -2.56. The standard InChI is InChI=1S/C33H35N5O10/c1-3-14-38(26-11-6-19-15-25-22(16-21(19)26)31(44)37-27(34-25)17-48-2)20-7-4-18(5-8-20)30(43)35-23(9-12-28(39)40)32(45)36-24(33(46)47)10-13-29(41)42/h1,4-5,7-8,15-16,23-24,26H,6,9-14,17H2,2H3,(H,35,43)(H,36,45)(H,39,40)(H,41,42)(H,46,47)(H,34,37,44)/t23-,24-,26?/m1/s1. The first-order chi connectivity index (χ1) is 22.9. The Morgan fingerprint density at radius 3 is 2.31 bits per heavy atom. The third kappa shape index (κ3) is 8.53. The van der Waals surface area contributed by atoms with E-state index < -0.39 is 61.1 Å². The van der Waals surface area contributed by atoms with Gasteiger partial charge in [-0.25, -0.2) is 9.78 Å². The summed E-state index contributed by atoms with van der Waals surface area (Å²) in [7, 11) is 1.52. The quantitative estimate of drug-likeness (QED) is 0.120. The van der Waals surface area contributed by atoms with Crippen molar-refractivity contribution in [2.75, 3.05) is 18.6 Å². The average Bonchev–Trinajstić information content (AvgIpc) is 3.45. The fraction of sp³-hybridized carbons (Fsp3) is 0.364. The highest BCUT2D eigenvalue weighted by molar-refractivity contribution is 5.98. The zero-order valence-corrected chi connectivity index (χ0v) is 26.0. The predicted molar refractivity (Wildman–Crippen MR) is 171 cm³/mol. The van der Waals surface area contributed by atoms with Crippen LogP contribution >= 0.6 is 0 Å². The summed E-state index contributed by atoms with van der Waals surface area (Å²) in [6.07, 6.45) is 5.40. The molecule has 4 rings (SSSR count). The van der Waals surface area contributed by atoms with Crippen LogP contribution in [0.2, 0.25) is 0 Å². The van der Waals surface area contributed by atoms with Gasteiger partial charge in [0.25, 0.3) is 11.5 Å². The molecule has 48 heavy (non-hydrogen) atoms. The fourth-order valence-corrected chi connectivity index (χ4v) is 5.66. The first-order valence-electron chi connectivity index (χ1n) is 15.0. The molecule has 1 aromatic heterocycles. The molecule has 0 saturated heterocycles. The van der Waals surface area contributed by atoms with Gasteiger partial charge in [0.1, 0.15) is 24.5 Å². The highest BCUT2D eigenvalue weighted by atomic mass is 16.5. The molecule has 252 valence electrons. The van der Waals surface area contributed by atoms with Gasteiger partial charge in [-0.1, -0.05) is 5.92 Å². The number of benzene rings is 2. The Bertz CT molecular complexity index is 1810. The summed E-state index contributed by atoms with van der Waals surface area (Å²) >= 11 is 0. The van der Waals surface area contributed by atoms with Crippen LogP contribution in [0.15, 0.2) is 41.2 Å². The van der Waals surface area contributed by atoms with Gasteiger partial charge in [0.15, 0.2) is 0 Å². The number of carboxylic acids is 3. The van der Waals surface area contributed by atoms with Gasteiger partial charge in [0.2, 0.25) is 5.91 Å². The van der Waals surface area contributed by atoms with E-state index >= 15 is 0 Å². The molecule has 0 radical (unpaired) electrons. The van der Waals surface area contributed by atoms with Crippen molar-refractivity contribution < 1.29 is 44.0 Å². The summed E-state index contributed by atoms with van der Waals surface area (Å²) in [5, 5.41) is 32.5. The van der Waals surface area contributed by atoms with E-state index in [0.717, 1.165) is 17.5 Å². The second kappa shape index (κ2) is 15.7. The topological polar surface area (TPSA) is 228 Å². The monoisotopic (exact) mass is 661 g/mol. The van der Waals surface area contributed by atoms with Crippen molar-refractivity contribution in [3.63, 3.8) is 0 Å². The van der Waals surface area contributed by atoms with Crippen LogP contribution < -0.4 is 21.1 Å². The number of methoxy groups -OCH3 is 1. The molecular formula is C33H35N5O10. The SMILES string of the molecule is C#CCN(c1ccc(C(=O)N[C@H](CCC(=O)O)C(=O)N[C@H](CCC(=O)O)C(=O)O)cc1)C1CCc2cc3nc(COC)[nH]c(=O)c3cc21. The normalized spacial score (nSPS) is 14.7. The number of fused-ring (bicyclic) bond motifs is 2. The molecule has 3 atom stereocenters. The van der Waals surface area contributed by atoms with Crippen molar-refractivity contribution >= 4 is 46.3 Å². The smallest absolute Gasteiger partial charge is 0.326 e. The minimum absolute atomic E-state index is 0.135. The summed E-state index contributed by atoms with van der Waals surface area (Å²) in [5.41, 5.74) is 3.07. The number of nitrogens with zero attached hydrogens (tertiary/aromatic N) is 2. The summed E-state index contributed by atoms with van der Waals surface area (Å²) in [6, 6.07) is 6.96. The lowest BCUT2D eigenvalue weighted by Crippen LogP contribution is -2.51. The van der Waals surface area contributed by atoms with Gasteiger partial charge in [-0.3, -0.25) is 24.0 Å². The number of nitrogens with one attached hydrogen (secondary N) is 3. The van der Waals surface area contributed by atoms with Crippen molar-refractivity contribution in [2.24, 2.45) is 0 Å². The molecule has 15 heteroatoms. The first kappa shape index (κ1) is 35.1. The largest absolute Gasteiger partial charge is 0.481 e. The lowest BCUT2D eigenvalue weighted by molar-refractivity contribution is -0.143. The number of H-pyrrole nitrogens is 1. The number of carbonyl (C=O) groups excluding carboxylic acids is 2. The molecule has 0 aliphatic heterocycles. The molecule has 1 aliphatic rings. The van der Waals surface area contributed by atoms with Gasteiger partial charge in [-0.2, -0.15) is 0 Å². The second-order valence-corrected chi connectivity index (χ2v) is 11.2. The third-order valence-corrected chi connectivity index (χ3v) is 7.97. The zero-order valence-electron chi connectivity index (χ0n) is 26.0. The number of amides is 2. The number of terminal acetylenes is 1. The number of hydrogen-bond acceptors (Lipinski definition) is 9. The molecule has 2 aromatic carbocycles. The van der Waals surface area contributed by atoms with Crippen LogP contribution in [-0.4, -0.2) is 80.7 Å². The molecule has 15 nitrogen and oxygen atoms in total. The Morgan fingerprint density at radius 1 is 1.04 bits per heavy atom. The number of anilines is 1. The van der Waals surface area contributed by atoms with Crippen LogP contribution in [0.4, 0.5) is 5.69 Å². The number of aromatic nitrogens is 2. The molecule has 0 fully saturated rings. The summed E-state index contributed by atoms with van der Waals surface area (Å²) in [6.45, 7) is 0.393. The minimum atomic E-state index is -1.55. The Labute approximate surface area is 274 Å². The highest BCUT2D eigenvalue weighted by Gasteiger charge is 2.30. The molecule has 1 unspecified atom stereocenters. The van der Waals surface area contributed by atoms with E-state index in [4.69, 9.17) is 21.4 Å². The maximum atomic E-state index is 13.2. The van der Waals surface area contributed by atoms with Crippen LogP contribution in [0.25, 0.3) is 10.9 Å². The van der Waals surface area contributed by atoms with Gasteiger partial charge < -0.3 is 40.6 Å². The molecule has 0 spiro atoms. The van der Waals surface area contributed by atoms with Crippen LogP contribution in [0.3, 0.4) is 0 Å². The van der Waals surface area contributed by atoms with Crippen molar-refractivity contribution in [3.05, 3.63) is 69.3 Å². The Hall–Kier alpha value is -5.75. The Balaban J connectivity index is 1.53. The number of carboxylic acid groups (broad SMARTS) is 3. The van der Waals surface area contributed by atoms with Gasteiger partial charge in [-0.15, -0.1) is 6.42 Å². The van der Waals surface area contributed by atoms with E-state index in [1.54, 1.807) is 12.1 Å². The number of aliphatic carboxylic acids is 3. The summed E-state index contributed by atoms with van der Waals surface area (Å²) in [4.78, 5) is 81.8. The van der Waals surface area contributed by atoms with Gasteiger partial charge in [0.05, 0.1) is 23.5 Å². The third-order valence-electron chi connectivity index (χ3n) is 7.97. The van der Waals surface area contributed by atoms with Crippen molar-refractivity contribution in [1.82, 2.24) is 20.6 Å². The maximum Gasteiger partial charge on any atom is 0.326 e. The lowest BCUT2D eigenvalue weighted by atomic mass is 10.0. The predicted octanol–water partition coefficient (Wildman–Crippen LogP) is 1.59. The molecule has 2 amide bonds. The molecule has 3 aromatic rings. The summed E-state index contributed by atoms with van der Waals surface area (Å²) < 4.78 is 5.10. The van der Waals surface area contributed by atoms with Crippen molar-refractivity contribution in [2.45, 2.75) is 63.3 Å². The fourth-order valence-electron chi connectivity index (χ4n) is 5.66. The number of rotatable bonds is 16. The van der Waals surface area contributed by atoms with E-state index in [-0.39, 0.29) is 36.7 Å². The van der Waals surface area contributed by atoms with Crippen LogP contribution in [0.5, 0.6) is 0 Å².